The number of hydrogen-bond donors (Lipinski definition) is 1. The van der Waals surface area contributed by atoms with Crippen LogP contribution in [-0.4, -0.2) is 9.13 Å². The SMILES string of the molecule is Nc1cc(Cn2ccn(C3CC3)c2=O)ccc1Cl. The topological polar surface area (TPSA) is 52.9 Å². The van der Waals surface area contributed by atoms with Gasteiger partial charge in [0.2, 0.25) is 0 Å². The Balaban J connectivity index is 1.87. The second-order valence-corrected chi connectivity index (χ2v) is 5.11. The fourth-order valence-electron chi connectivity index (χ4n) is 2.07. The van der Waals surface area contributed by atoms with Crippen LogP contribution >= 0.6 is 11.6 Å². The molecule has 0 unspecified atom stereocenters. The first kappa shape index (κ1) is 11.4. The number of anilines is 1. The lowest BCUT2D eigenvalue weighted by atomic mass is 10.2. The number of nitrogens with two attached hydrogens (primary N) is 1. The van der Waals surface area contributed by atoms with Crippen molar-refractivity contribution in [1.29, 1.82) is 0 Å². The molecule has 0 aliphatic heterocycles. The Morgan fingerprint density at radius 3 is 2.78 bits per heavy atom. The van der Waals surface area contributed by atoms with E-state index in [4.69, 9.17) is 17.3 Å². The molecule has 0 radical (unpaired) electrons. The summed E-state index contributed by atoms with van der Waals surface area (Å²) < 4.78 is 3.50. The lowest BCUT2D eigenvalue weighted by molar-refractivity contribution is 0.656. The Labute approximate surface area is 110 Å². The number of halogens is 1. The molecule has 0 saturated heterocycles. The van der Waals surface area contributed by atoms with E-state index in [9.17, 15) is 4.79 Å². The van der Waals surface area contributed by atoms with E-state index >= 15 is 0 Å². The molecule has 5 heteroatoms. The lowest BCUT2D eigenvalue weighted by Gasteiger charge is -2.04. The maximum atomic E-state index is 12.1. The van der Waals surface area contributed by atoms with Gasteiger partial charge >= 0.3 is 5.69 Å². The molecule has 1 aromatic heterocycles. The Morgan fingerprint density at radius 2 is 2.11 bits per heavy atom. The van der Waals surface area contributed by atoms with Crippen molar-refractivity contribution in [3.05, 3.63) is 51.7 Å². The third-order valence-electron chi connectivity index (χ3n) is 3.23. The van der Waals surface area contributed by atoms with Gasteiger partial charge in [-0.15, -0.1) is 0 Å². The van der Waals surface area contributed by atoms with Crippen LogP contribution < -0.4 is 11.4 Å². The zero-order valence-corrected chi connectivity index (χ0v) is 10.6. The molecule has 3 rings (SSSR count). The average Bonchev–Trinajstić information content (AvgIpc) is 3.12. The summed E-state index contributed by atoms with van der Waals surface area (Å²) in [7, 11) is 0. The predicted octanol–water partition coefficient (Wildman–Crippen LogP) is 2.27. The van der Waals surface area contributed by atoms with Gasteiger partial charge in [0.05, 0.1) is 17.3 Å². The molecule has 1 aromatic carbocycles. The molecular weight excluding hydrogens is 250 g/mol. The minimum Gasteiger partial charge on any atom is -0.398 e. The number of rotatable bonds is 3. The van der Waals surface area contributed by atoms with E-state index in [1.807, 2.05) is 24.5 Å². The van der Waals surface area contributed by atoms with Crippen molar-refractivity contribution in [2.45, 2.75) is 25.4 Å². The van der Waals surface area contributed by atoms with Crippen molar-refractivity contribution >= 4 is 17.3 Å². The van der Waals surface area contributed by atoms with Gasteiger partial charge in [-0.2, -0.15) is 0 Å². The summed E-state index contributed by atoms with van der Waals surface area (Å²) in [6.07, 6.45) is 5.90. The van der Waals surface area contributed by atoms with Crippen LogP contribution in [0.1, 0.15) is 24.4 Å². The van der Waals surface area contributed by atoms with Crippen LogP contribution in [0.4, 0.5) is 5.69 Å². The lowest BCUT2D eigenvalue weighted by Crippen LogP contribution is -2.23. The second-order valence-electron chi connectivity index (χ2n) is 4.70. The normalized spacial score (nSPS) is 14.9. The first-order chi connectivity index (χ1) is 8.65. The zero-order chi connectivity index (χ0) is 12.7. The molecule has 1 aliphatic carbocycles. The first-order valence-corrected chi connectivity index (χ1v) is 6.34. The summed E-state index contributed by atoms with van der Waals surface area (Å²) in [5.41, 5.74) is 7.32. The number of hydrogen-bond acceptors (Lipinski definition) is 2. The summed E-state index contributed by atoms with van der Waals surface area (Å²) in [5, 5.41) is 0.543. The summed E-state index contributed by atoms with van der Waals surface area (Å²) in [4.78, 5) is 12.1. The minimum atomic E-state index is 0.0472. The molecule has 2 aromatic rings. The van der Waals surface area contributed by atoms with Crippen LogP contribution in [0.15, 0.2) is 35.4 Å². The van der Waals surface area contributed by atoms with E-state index in [2.05, 4.69) is 0 Å². The van der Waals surface area contributed by atoms with Crippen molar-refractivity contribution in [1.82, 2.24) is 9.13 Å². The molecule has 2 N–H and O–H groups in total. The van der Waals surface area contributed by atoms with Gasteiger partial charge < -0.3 is 5.73 Å². The molecule has 0 amide bonds. The molecule has 1 fully saturated rings. The van der Waals surface area contributed by atoms with Crippen molar-refractivity contribution in [2.24, 2.45) is 0 Å². The molecule has 4 nitrogen and oxygen atoms in total. The van der Waals surface area contributed by atoms with E-state index < -0.39 is 0 Å². The summed E-state index contributed by atoms with van der Waals surface area (Å²) >= 11 is 5.87. The summed E-state index contributed by atoms with van der Waals surface area (Å²) in [6, 6.07) is 5.87. The Morgan fingerprint density at radius 1 is 1.33 bits per heavy atom. The number of imidazole rings is 1. The van der Waals surface area contributed by atoms with Crippen LogP contribution in [0.3, 0.4) is 0 Å². The van der Waals surface area contributed by atoms with Crippen LogP contribution in [-0.2, 0) is 6.54 Å². The predicted molar refractivity (Wildman–Crippen MR) is 71.9 cm³/mol. The Bertz CT molecular complexity index is 640. The van der Waals surface area contributed by atoms with Crippen molar-refractivity contribution < 1.29 is 0 Å². The highest BCUT2D eigenvalue weighted by Crippen LogP contribution is 2.33. The van der Waals surface area contributed by atoms with Crippen molar-refractivity contribution in [3.63, 3.8) is 0 Å². The highest BCUT2D eigenvalue weighted by Gasteiger charge is 2.25. The van der Waals surface area contributed by atoms with E-state index in [0.29, 0.717) is 23.3 Å². The summed E-state index contributed by atoms with van der Waals surface area (Å²) in [5.74, 6) is 0. The molecular formula is C13H14ClN3O. The molecule has 1 aliphatic rings. The van der Waals surface area contributed by atoms with Crippen molar-refractivity contribution in [3.8, 4) is 0 Å². The molecule has 18 heavy (non-hydrogen) atoms. The fraction of sp³-hybridized carbons (Fsp3) is 0.308. The van der Waals surface area contributed by atoms with Crippen LogP contribution in [0.5, 0.6) is 0 Å². The maximum Gasteiger partial charge on any atom is 0.328 e. The van der Waals surface area contributed by atoms with Gasteiger partial charge in [-0.25, -0.2) is 4.79 Å². The number of benzene rings is 1. The maximum absolute atomic E-state index is 12.1. The highest BCUT2D eigenvalue weighted by molar-refractivity contribution is 6.33. The molecule has 1 saturated carbocycles. The zero-order valence-electron chi connectivity index (χ0n) is 9.84. The molecule has 0 spiro atoms. The van der Waals surface area contributed by atoms with E-state index in [-0.39, 0.29) is 5.69 Å². The van der Waals surface area contributed by atoms with Gasteiger partial charge in [0, 0.05) is 18.4 Å². The number of nitrogens with zero attached hydrogens (tertiary/aromatic N) is 2. The van der Waals surface area contributed by atoms with Gasteiger partial charge in [0.25, 0.3) is 0 Å². The Kier molecular flexibility index (Phi) is 2.67. The first-order valence-electron chi connectivity index (χ1n) is 5.96. The number of aromatic nitrogens is 2. The van der Waals surface area contributed by atoms with Crippen LogP contribution in [0, 0.1) is 0 Å². The fourth-order valence-corrected chi connectivity index (χ4v) is 2.18. The third-order valence-corrected chi connectivity index (χ3v) is 3.57. The van der Waals surface area contributed by atoms with Gasteiger partial charge in [-0.1, -0.05) is 17.7 Å². The average molecular weight is 264 g/mol. The van der Waals surface area contributed by atoms with Crippen LogP contribution in [0.2, 0.25) is 5.02 Å². The number of nitrogen functional groups attached to an aromatic ring is 1. The molecule has 0 atom stereocenters. The summed E-state index contributed by atoms with van der Waals surface area (Å²) in [6.45, 7) is 0.528. The molecule has 1 heterocycles. The van der Waals surface area contributed by atoms with Gasteiger partial charge in [-0.05, 0) is 30.5 Å². The largest absolute Gasteiger partial charge is 0.398 e. The van der Waals surface area contributed by atoms with Crippen LogP contribution in [0.25, 0.3) is 0 Å². The van der Waals surface area contributed by atoms with Gasteiger partial charge in [-0.3, -0.25) is 9.13 Å². The van der Waals surface area contributed by atoms with E-state index in [0.717, 1.165) is 18.4 Å². The highest BCUT2D eigenvalue weighted by atomic mass is 35.5. The van der Waals surface area contributed by atoms with Gasteiger partial charge in [0.1, 0.15) is 0 Å². The van der Waals surface area contributed by atoms with Crippen molar-refractivity contribution in [2.75, 3.05) is 5.73 Å². The smallest absolute Gasteiger partial charge is 0.328 e. The van der Waals surface area contributed by atoms with E-state index in [1.165, 1.54) is 0 Å². The molecule has 0 bridgehead atoms. The second kappa shape index (κ2) is 4.21. The van der Waals surface area contributed by atoms with Gasteiger partial charge in [0.15, 0.2) is 0 Å². The third kappa shape index (κ3) is 2.04. The Hall–Kier alpha value is -1.68. The minimum absolute atomic E-state index is 0.0472. The quantitative estimate of drug-likeness (QED) is 0.864. The van der Waals surface area contributed by atoms with E-state index in [1.54, 1.807) is 15.2 Å². The standard InChI is InChI=1S/C13H14ClN3O/c14-11-4-1-9(7-12(11)15)8-16-5-6-17(13(16)18)10-2-3-10/h1,4-7,10H,2-3,8,15H2. The monoisotopic (exact) mass is 263 g/mol. The molecule has 94 valence electrons.